The first-order valence-electron chi connectivity index (χ1n) is 8.24. The smallest absolute Gasteiger partial charge is 0.306 e. The molecule has 0 aliphatic heterocycles. The molecule has 0 radical (unpaired) electrons. The number of benzene rings is 1. The summed E-state index contributed by atoms with van der Waals surface area (Å²) in [5.41, 5.74) is 3.88. The van der Waals surface area contributed by atoms with Crippen molar-refractivity contribution in [2.45, 2.75) is 57.4 Å². The fourth-order valence-electron chi connectivity index (χ4n) is 3.70. The van der Waals surface area contributed by atoms with Crippen molar-refractivity contribution in [2.24, 2.45) is 5.92 Å². The summed E-state index contributed by atoms with van der Waals surface area (Å²) in [6.45, 7) is 0. The SMILES string of the molecule is O=C(Cc1ccc2c(c1)CCCC2)N[C@@H]1CC[C@H](C(=O)O)C1. The summed E-state index contributed by atoms with van der Waals surface area (Å²) < 4.78 is 0. The lowest BCUT2D eigenvalue weighted by Gasteiger charge is -2.17. The molecule has 1 fully saturated rings. The van der Waals surface area contributed by atoms with Crippen LogP contribution in [0.25, 0.3) is 0 Å². The number of amides is 1. The molecule has 4 nitrogen and oxygen atoms in total. The third-order valence-corrected chi connectivity index (χ3v) is 4.92. The van der Waals surface area contributed by atoms with Crippen molar-refractivity contribution in [3.8, 4) is 0 Å². The number of hydrogen-bond acceptors (Lipinski definition) is 2. The molecule has 3 rings (SSSR count). The van der Waals surface area contributed by atoms with Gasteiger partial charge in [0.25, 0.3) is 0 Å². The monoisotopic (exact) mass is 301 g/mol. The second-order valence-corrected chi connectivity index (χ2v) is 6.60. The fraction of sp³-hybridized carbons (Fsp3) is 0.556. The summed E-state index contributed by atoms with van der Waals surface area (Å²) in [6.07, 6.45) is 7.16. The van der Waals surface area contributed by atoms with E-state index in [9.17, 15) is 9.59 Å². The second kappa shape index (κ2) is 6.51. The molecule has 4 heteroatoms. The lowest BCUT2D eigenvalue weighted by Crippen LogP contribution is -2.34. The van der Waals surface area contributed by atoms with Crippen molar-refractivity contribution >= 4 is 11.9 Å². The van der Waals surface area contributed by atoms with Crippen LogP contribution in [0, 0.1) is 5.92 Å². The molecule has 1 amide bonds. The Kier molecular flexibility index (Phi) is 4.46. The van der Waals surface area contributed by atoms with E-state index >= 15 is 0 Å². The first-order chi connectivity index (χ1) is 10.6. The minimum Gasteiger partial charge on any atom is -0.481 e. The largest absolute Gasteiger partial charge is 0.481 e. The maximum absolute atomic E-state index is 12.2. The molecule has 0 spiro atoms. The van der Waals surface area contributed by atoms with Gasteiger partial charge >= 0.3 is 5.97 Å². The summed E-state index contributed by atoms with van der Waals surface area (Å²) >= 11 is 0. The van der Waals surface area contributed by atoms with Gasteiger partial charge in [0.1, 0.15) is 0 Å². The van der Waals surface area contributed by atoms with E-state index in [0.29, 0.717) is 19.3 Å². The molecule has 0 aromatic heterocycles. The number of rotatable bonds is 4. The van der Waals surface area contributed by atoms with Crippen molar-refractivity contribution in [1.29, 1.82) is 0 Å². The topological polar surface area (TPSA) is 66.4 Å². The molecular formula is C18H23NO3. The quantitative estimate of drug-likeness (QED) is 0.898. The number of nitrogens with one attached hydrogen (secondary N) is 1. The molecule has 1 aromatic rings. The van der Waals surface area contributed by atoms with E-state index in [2.05, 4.69) is 23.5 Å². The van der Waals surface area contributed by atoms with Gasteiger partial charge < -0.3 is 10.4 Å². The zero-order valence-electron chi connectivity index (χ0n) is 12.8. The number of carbonyl (C=O) groups excluding carboxylic acids is 1. The van der Waals surface area contributed by atoms with Gasteiger partial charge in [-0.3, -0.25) is 9.59 Å². The lowest BCUT2D eigenvalue weighted by atomic mass is 9.90. The number of aliphatic carboxylic acids is 1. The zero-order chi connectivity index (χ0) is 15.5. The molecule has 0 unspecified atom stereocenters. The standard InChI is InChI=1S/C18H23NO3/c20-17(19-16-8-7-15(11-16)18(21)22)10-12-5-6-13-3-1-2-4-14(13)9-12/h5-6,9,15-16H,1-4,7-8,10-11H2,(H,19,20)(H,21,22)/t15-,16+/m0/s1. The Labute approximate surface area is 130 Å². The number of aryl methyl sites for hydroxylation is 2. The van der Waals surface area contributed by atoms with Crippen LogP contribution in [0.1, 0.15) is 48.8 Å². The molecule has 2 N–H and O–H groups in total. The first-order valence-corrected chi connectivity index (χ1v) is 8.24. The van der Waals surface area contributed by atoms with Crippen LogP contribution in [0.2, 0.25) is 0 Å². The summed E-state index contributed by atoms with van der Waals surface area (Å²) in [6, 6.07) is 6.40. The van der Waals surface area contributed by atoms with Gasteiger partial charge in [0.15, 0.2) is 0 Å². The van der Waals surface area contributed by atoms with Crippen molar-refractivity contribution in [3.63, 3.8) is 0 Å². The molecule has 1 saturated carbocycles. The number of carboxylic acid groups (broad SMARTS) is 1. The predicted molar refractivity (Wildman–Crippen MR) is 83.7 cm³/mol. The van der Waals surface area contributed by atoms with Gasteiger partial charge in [0, 0.05) is 6.04 Å². The Morgan fingerprint density at radius 1 is 1.14 bits per heavy atom. The number of carboxylic acids is 1. The number of carbonyl (C=O) groups is 2. The highest BCUT2D eigenvalue weighted by Crippen LogP contribution is 2.26. The average molecular weight is 301 g/mol. The Morgan fingerprint density at radius 2 is 1.91 bits per heavy atom. The third-order valence-electron chi connectivity index (χ3n) is 4.92. The molecule has 0 heterocycles. The Balaban J connectivity index is 1.55. The highest BCUT2D eigenvalue weighted by Gasteiger charge is 2.30. The van der Waals surface area contributed by atoms with Crippen LogP contribution in [0.3, 0.4) is 0 Å². The van der Waals surface area contributed by atoms with Gasteiger partial charge in [0.2, 0.25) is 5.91 Å². The minimum atomic E-state index is -0.744. The van der Waals surface area contributed by atoms with Gasteiger partial charge in [-0.05, 0) is 61.6 Å². The third kappa shape index (κ3) is 3.49. The van der Waals surface area contributed by atoms with Crippen molar-refractivity contribution in [1.82, 2.24) is 5.32 Å². The molecule has 2 atom stereocenters. The molecular weight excluding hydrogens is 278 g/mol. The van der Waals surface area contributed by atoms with E-state index in [-0.39, 0.29) is 17.9 Å². The first kappa shape index (κ1) is 15.1. The summed E-state index contributed by atoms with van der Waals surface area (Å²) in [7, 11) is 0. The number of hydrogen-bond donors (Lipinski definition) is 2. The second-order valence-electron chi connectivity index (χ2n) is 6.60. The van der Waals surface area contributed by atoms with Crippen LogP contribution in [0.15, 0.2) is 18.2 Å². The van der Waals surface area contributed by atoms with Crippen LogP contribution in [-0.2, 0) is 28.9 Å². The van der Waals surface area contributed by atoms with Crippen LogP contribution in [-0.4, -0.2) is 23.0 Å². The summed E-state index contributed by atoms with van der Waals surface area (Å²) in [5, 5.41) is 12.0. The molecule has 2 aliphatic carbocycles. The highest BCUT2D eigenvalue weighted by atomic mass is 16.4. The van der Waals surface area contributed by atoms with Gasteiger partial charge in [-0.1, -0.05) is 18.2 Å². The fourth-order valence-corrected chi connectivity index (χ4v) is 3.70. The van der Waals surface area contributed by atoms with E-state index < -0.39 is 5.97 Å². The van der Waals surface area contributed by atoms with E-state index in [4.69, 9.17) is 5.11 Å². The maximum Gasteiger partial charge on any atom is 0.306 e. The van der Waals surface area contributed by atoms with E-state index in [1.54, 1.807) is 0 Å². The molecule has 1 aromatic carbocycles. The van der Waals surface area contributed by atoms with E-state index in [1.807, 2.05) is 0 Å². The maximum atomic E-state index is 12.2. The molecule has 118 valence electrons. The van der Waals surface area contributed by atoms with Crippen LogP contribution >= 0.6 is 0 Å². The minimum absolute atomic E-state index is 0.00629. The van der Waals surface area contributed by atoms with Crippen molar-refractivity contribution in [3.05, 3.63) is 34.9 Å². The number of fused-ring (bicyclic) bond motifs is 1. The van der Waals surface area contributed by atoms with Crippen molar-refractivity contribution < 1.29 is 14.7 Å². The predicted octanol–water partition coefficient (Wildman–Crippen LogP) is 2.48. The zero-order valence-corrected chi connectivity index (χ0v) is 12.8. The van der Waals surface area contributed by atoms with E-state index in [0.717, 1.165) is 24.8 Å². The summed E-state index contributed by atoms with van der Waals surface area (Å²) in [5.74, 6) is -1.03. The molecule has 22 heavy (non-hydrogen) atoms. The van der Waals surface area contributed by atoms with Crippen molar-refractivity contribution in [2.75, 3.05) is 0 Å². The molecule has 0 bridgehead atoms. The Bertz CT molecular complexity index is 582. The van der Waals surface area contributed by atoms with Gasteiger partial charge in [-0.25, -0.2) is 0 Å². The van der Waals surface area contributed by atoms with Crippen LogP contribution in [0.5, 0.6) is 0 Å². The Hall–Kier alpha value is -1.84. The van der Waals surface area contributed by atoms with Gasteiger partial charge in [0.05, 0.1) is 12.3 Å². The van der Waals surface area contributed by atoms with Gasteiger partial charge in [-0.15, -0.1) is 0 Å². The molecule has 2 aliphatic rings. The summed E-state index contributed by atoms with van der Waals surface area (Å²) in [4.78, 5) is 23.1. The lowest BCUT2D eigenvalue weighted by molar-refractivity contribution is -0.141. The average Bonchev–Trinajstić information content (AvgIpc) is 2.95. The molecule has 0 saturated heterocycles. The normalized spacial score (nSPS) is 23.8. The van der Waals surface area contributed by atoms with Crippen LogP contribution < -0.4 is 5.32 Å². The highest BCUT2D eigenvalue weighted by molar-refractivity contribution is 5.79. The van der Waals surface area contributed by atoms with E-state index in [1.165, 1.54) is 24.0 Å². The Morgan fingerprint density at radius 3 is 2.64 bits per heavy atom. The van der Waals surface area contributed by atoms with Gasteiger partial charge in [-0.2, -0.15) is 0 Å². The van der Waals surface area contributed by atoms with Crippen LogP contribution in [0.4, 0.5) is 0 Å².